The molecule has 0 fully saturated rings. The second-order valence-corrected chi connectivity index (χ2v) is 8.38. The minimum atomic E-state index is -8.50. The van der Waals surface area contributed by atoms with E-state index in [0.717, 1.165) is 5.32 Å². The molecule has 1 amide bonds. The van der Waals surface area contributed by atoms with Crippen LogP contribution in [0.25, 0.3) is 0 Å². The molecule has 208 valence electrons. The standard InChI is InChI=1S/C15H9F15N2O3S/c16-9(17,8(33)32-5-6-1-3-7(4-2-6)36(31,34)35)10(18,19)11(20,21)12(22,23)13(24,25)14(26,27)15(28,29)30/h1-4H,5H2,(H,32,33)(H2,31,34,35). The van der Waals surface area contributed by atoms with E-state index in [4.69, 9.17) is 5.14 Å². The van der Waals surface area contributed by atoms with Gasteiger partial charge in [0.15, 0.2) is 0 Å². The Kier molecular flexibility index (Phi) is 7.75. The number of sulfonamides is 1. The number of primary sulfonamides is 1. The van der Waals surface area contributed by atoms with Crippen LogP contribution in [0.2, 0.25) is 0 Å². The zero-order chi connectivity index (χ0) is 29.0. The number of alkyl halides is 15. The number of halogens is 15. The molecule has 0 saturated carbocycles. The van der Waals surface area contributed by atoms with Gasteiger partial charge in [-0.1, -0.05) is 12.1 Å². The van der Waals surface area contributed by atoms with Gasteiger partial charge in [-0.25, -0.2) is 13.6 Å². The number of rotatable bonds is 9. The molecule has 21 heteroatoms. The molecule has 0 aromatic heterocycles. The highest BCUT2D eigenvalue weighted by molar-refractivity contribution is 7.89. The number of hydrogen-bond donors (Lipinski definition) is 2. The van der Waals surface area contributed by atoms with Crippen LogP contribution < -0.4 is 10.5 Å². The monoisotopic (exact) mass is 582 g/mol. The van der Waals surface area contributed by atoms with Crippen molar-refractivity contribution in [3.63, 3.8) is 0 Å². The van der Waals surface area contributed by atoms with Gasteiger partial charge in [-0.2, -0.15) is 65.9 Å². The van der Waals surface area contributed by atoms with E-state index in [0.29, 0.717) is 24.3 Å². The van der Waals surface area contributed by atoms with Crippen LogP contribution in [0.5, 0.6) is 0 Å². The number of nitrogens with two attached hydrogens (primary N) is 1. The van der Waals surface area contributed by atoms with Crippen LogP contribution in [0.15, 0.2) is 29.2 Å². The van der Waals surface area contributed by atoms with E-state index in [1.54, 1.807) is 0 Å². The first-order valence-corrected chi connectivity index (χ1v) is 9.89. The molecule has 0 bridgehead atoms. The molecule has 0 unspecified atom stereocenters. The number of nitrogens with one attached hydrogen (secondary N) is 1. The summed E-state index contributed by atoms with van der Waals surface area (Å²) in [6, 6.07) is 2.72. The average Bonchev–Trinajstić information content (AvgIpc) is 2.69. The van der Waals surface area contributed by atoms with E-state index in [1.807, 2.05) is 0 Å². The van der Waals surface area contributed by atoms with Gasteiger partial charge in [0.2, 0.25) is 10.0 Å². The molecule has 5 nitrogen and oxygen atoms in total. The Bertz CT molecular complexity index is 1080. The van der Waals surface area contributed by atoms with Crippen molar-refractivity contribution in [3.05, 3.63) is 29.8 Å². The minimum absolute atomic E-state index is 0.441. The van der Waals surface area contributed by atoms with Gasteiger partial charge in [-0.15, -0.1) is 0 Å². The third kappa shape index (κ3) is 4.77. The van der Waals surface area contributed by atoms with Crippen molar-refractivity contribution in [2.24, 2.45) is 5.14 Å². The first-order valence-electron chi connectivity index (χ1n) is 8.34. The van der Waals surface area contributed by atoms with Crippen LogP contribution in [0, 0.1) is 0 Å². The van der Waals surface area contributed by atoms with Gasteiger partial charge in [0.1, 0.15) is 0 Å². The van der Waals surface area contributed by atoms with Gasteiger partial charge < -0.3 is 5.32 Å². The number of carbonyl (C=O) groups excluding carboxylic acids is 1. The summed E-state index contributed by atoms with van der Waals surface area (Å²) in [5.74, 6) is -52.1. The summed E-state index contributed by atoms with van der Waals surface area (Å²) >= 11 is 0. The Morgan fingerprint density at radius 2 is 1.03 bits per heavy atom. The summed E-state index contributed by atoms with van der Waals surface area (Å²) in [6.07, 6.45) is -7.73. The van der Waals surface area contributed by atoms with Crippen molar-refractivity contribution in [1.82, 2.24) is 5.32 Å². The van der Waals surface area contributed by atoms with Crippen LogP contribution in [0.1, 0.15) is 5.56 Å². The van der Waals surface area contributed by atoms with E-state index in [9.17, 15) is 79.1 Å². The fourth-order valence-electron chi connectivity index (χ4n) is 2.20. The Morgan fingerprint density at radius 1 is 0.667 bits per heavy atom. The topological polar surface area (TPSA) is 89.3 Å². The molecule has 3 N–H and O–H groups in total. The smallest absolute Gasteiger partial charge is 0.347 e. The van der Waals surface area contributed by atoms with Gasteiger partial charge in [0.25, 0.3) is 5.91 Å². The zero-order valence-corrected chi connectivity index (χ0v) is 17.2. The maximum Gasteiger partial charge on any atom is 0.460 e. The molecule has 0 spiro atoms. The first-order chi connectivity index (χ1) is 15.6. The van der Waals surface area contributed by atoms with E-state index in [-0.39, 0.29) is 0 Å². The first kappa shape index (κ1) is 31.6. The van der Waals surface area contributed by atoms with Gasteiger partial charge >= 0.3 is 41.7 Å². The molecule has 0 aliphatic rings. The van der Waals surface area contributed by atoms with E-state index in [1.165, 1.54) is 0 Å². The maximum atomic E-state index is 13.7. The quantitative estimate of drug-likeness (QED) is 0.426. The highest BCUT2D eigenvalue weighted by Gasteiger charge is 2.94. The molecule has 1 aromatic rings. The fourth-order valence-corrected chi connectivity index (χ4v) is 2.72. The summed E-state index contributed by atoms with van der Waals surface area (Å²) in [7, 11) is -4.30. The number of amides is 1. The Balaban J connectivity index is 3.32. The van der Waals surface area contributed by atoms with Crippen molar-refractivity contribution in [3.8, 4) is 0 Å². The van der Waals surface area contributed by atoms with Crippen molar-refractivity contribution >= 4 is 15.9 Å². The van der Waals surface area contributed by atoms with E-state index < -0.39 is 74.6 Å². The highest BCUT2D eigenvalue weighted by Crippen LogP contribution is 2.62. The molecule has 1 rings (SSSR count). The van der Waals surface area contributed by atoms with Crippen molar-refractivity contribution in [2.45, 2.75) is 53.2 Å². The molecule has 0 aliphatic carbocycles. The summed E-state index contributed by atoms with van der Waals surface area (Å²) in [5.41, 5.74) is -0.441. The minimum Gasteiger partial charge on any atom is -0.347 e. The third-order valence-electron chi connectivity index (χ3n) is 4.32. The van der Waals surface area contributed by atoms with Crippen LogP contribution >= 0.6 is 0 Å². The number of hydrogen-bond acceptors (Lipinski definition) is 3. The van der Waals surface area contributed by atoms with Crippen molar-refractivity contribution in [1.29, 1.82) is 0 Å². The normalized spacial score (nSPS) is 15.1. The number of benzene rings is 1. The molecule has 0 atom stereocenters. The van der Waals surface area contributed by atoms with E-state index in [2.05, 4.69) is 0 Å². The Labute approximate surface area is 189 Å². The van der Waals surface area contributed by atoms with Crippen LogP contribution in [0.4, 0.5) is 65.9 Å². The fraction of sp³-hybridized carbons (Fsp3) is 0.533. The lowest BCUT2D eigenvalue weighted by atomic mass is 9.91. The van der Waals surface area contributed by atoms with Gasteiger partial charge in [0.05, 0.1) is 4.90 Å². The van der Waals surface area contributed by atoms with E-state index >= 15 is 0 Å². The lowest BCUT2D eigenvalue weighted by molar-refractivity contribution is -0.449. The molecule has 0 aliphatic heterocycles. The predicted octanol–water partition coefficient (Wildman–Crippen LogP) is 4.32. The summed E-state index contributed by atoms with van der Waals surface area (Å²) < 4.78 is 219. The summed E-state index contributed by atoms with van der Waals surface area (Å²) in [6.45, 7) is -1.35. The average molecular weight is 582 g/mol. The lowest BCUT2D eigenvalue weighted by Gasteiger charge is -2.41. The zero-order valence-electron chi connectivity index (χ0n) is 16.4. The predicted molar refractivity (Wildman–Crippen MR) is 85.4 cm³/mol. The molecule has 0 heterocycles. The summed E-state index contributed by atoms with van der Waals surface area (Å²) in [5, 5.41) is 5.49. The largest absolute Gasteiger partial charge is 0.460 e. The number of carbonyl (C=O) groups is 1. The Morgan fingerprint density at radius 3 is 1.39 bits per heavy atom. The van der Waals surface area contributed by atoms with Crippen LogP contribution in [0.3, 0.4) is 0 Å². The third-order valence-corrected chi connectivity index (χ3v) is 5.25. The molecule has 0 radical (unpaired) electrons. The molecular weight excluding hydrogens is 573 g/mol. The molecular formula is C15H9F15N2O3S. The van der Waals surface area contributed by atoms with Gasteiger partial charge in [0, 0.05) is 6.54 Å². The second kappa shape index (κ2) is 8.84. The Hall–Kier alpha value is -2.45. The molecule has 1 aromatic carbocycles. The van der Waals surface area contributed by atoms with Crippen molar-refractivity contribution in [2.75, 3.05) is 0 Å². The highest BCUT2D eigenvalue weighted by atomic mass is 32.2. The molecule has 0 saturated heterocycles. The maximum absolute atomic E-state index is 13.7. The SMILES string of the molecule is NS(=O)(=O)c1ccc(CNC(=O)C(F)(F)C(F)(F)C(F)(F)C(F)(F)C(F)(F)C(F)(F)C(F)(F)F)cc1. The summed E-state index contributed by atoms with van der Waals surface area (Å²) in [4.78, 5) is 10.7. The lowest BCUT2D eigenvalue weighted by Crippen LogP contribution is -2.73. The van der Waals surface area contributed by atoms with Gasteiger partial charge in [-0.3, -0.25) is 4.79 Å². The van der Waals surface area contributed by atoms with Gasteiger partial charge in [-0.05, 0) is 17.7 Å². The van der Waals surface area contributed by atoms with Crippen molar-refractivity contribution < 1.29 is 79.1 Å². The van der Waals surface area contributed by atoms with Crippen LogP contribution in [-0.2, 0) is 21.4 Å². The second-order valence-electron chi connectivity index (χ2n) is 6.82. The molecule has 36 heavy (non-hydrogen) atoms. The van der Waals surface area contributed by atoms with Crippen LogP contribution in [-0.4, -0.2) is 56.0 Å².